The van der Waals surface area contributed by atoms with Crippen LogP contribution in [-0.4, -0.2) is 49.4 Å². The van der Waals surface area contributed by atoms with Gasteiger partial charge in [0.1, 0.15) is 6.10 Å². The third-order valence-electron chi connectivity index (χ3n) is 7.62. The number of aryl methyl sites for hydroxylation is 2. The molecule has 0 radical (unpaired) electrons. The molecule has 9 nitrogen and oxygen atoms in total. The van der Waals surface area contributed by atoms with Crippen LogP contribution in [0.5, 0.6) is 0 Å². The second kappa shape index (κ2) is 10.4. The lowest BCUT2D eigenvalue weighted by atomic mass is 9.99. The van der Waals surface area contributed by atoms with Crippen LogP contribution < -0.4 is 28.6 Å². The smallest absolute Gasteiger partial charge is 0.332 e. The van der Waals surface area contributed by atoms with E-state index in [-0.39, 0.29) is 35.7 Å². The maximum absolute atomic E-state index is 12.7. The third kappa shape index (κ3) is 4.92. The summed E-state index contributed by atoms with van der Waals surface area (Å²) in [4.78, 5) is 43.1. The Hall–Kier alpha value is -2.91. The van der Waals surface area contributed by atoms with Gasteiger partial charge in [-0.05, 0) is 12.0 Å². The fourth-order valence-electron chi connectivity index (χ4n) is 5.83. The number of nitrogens with one attached hydrogen (secondary N) is 1. The van der Waals surface area contributed by atoms with E-state index in [4.69, 9.17) is 4.74 Å². The number of nitrogens with zero attached hydrogens (tertiary/aromatic N) is 4. The Morgan fingerprint density at radius 1 is 1.09 bits per heavy atom. The molecule has 0 spiro atoms. The minimum absolute atomic E-state index is 0. The van der Waals surface area contributed by atoms with Crippen molar-refractivity contribution < 1.29 is 26.8 Å². The van der Waals surface area contributed by atoms with E-state index in [1.54, 1.807) is 13.4 Å². The topological polar surface area (TPSA) is 92.6 Å². The zero-order chi connectivity index (χ0) is 23.8. The van der Waals surface area contributed by atoms with Crippen LogP contribution in [0.25, 0.3) is 11.2 Å². The summed E-state index contributed by atoms with van der Waals surface area (Å²) in [5, 5.41) is 0. The number of fused-ring (bicyclic) bond motifs is 3. The lowest BCUT2D eigenvalue weighted by Gasteiger charge is -2.35. The highest BCUT2D eigenvalue weighted by Crippen LogP contribution is 2.25. The van der Waals surface area contributed by atoms with Gasteiger partial charge in [-0.1, -0.05) is 30.3 Å². The maximum Gasteiger partial charge on any atom is 0.332 e. The first kappa shape index (κ1) is 25.2. The number of imidazole rings is 1. The highest BCUT2D eigenvalue weighted by Gasteiger charge is 2.45. The normalized spacial score (nSPS) is 23.3. The number of esters is 1. The van der Waals surface area contributed by atoms with Crippen LogP contribution in [0.3, 0.4) is 0 Å². The fraction of sp³-hybridized carbons (Fsp3) is 0.520. The second-order valence-corrected chi connectivity index (χ2v) is 9.68. The summed E-state index contributed by atoms with van der Waals surface area (Å²) in [6.07, 6.45) is 6.85. The first-order valence-corrected chi connectivity index (χ1v) is 12.1. The van der Waals surface area contributed by atoms with E-state index in [2.05, 4.69) is 4.98 Å². The number of ether oxygens (including phenoxy) is 1. The summed E-state index contributed by atoms with van der Waals surface area (Å²) >= 11 is 0. The highest BCUT2D eigenvalue weighted by atomic mass is 35.5. The largest absolute Gasteiger partial charge is 1.00 e. The van der Waals surface area contributed by atoms with Gasteiger partial charge in [-0.3, -0.25) is 18.7 Å². The van der Waals surface area contributed by atoms with Gasteiger partial charge in [0.05, 0.1) is 31.5 Å². The van der Waals surface area contributed by atoms with Crippen LogP contribution in [0.1, 0.15) is 37.7 Å². The number of hydrogen-bond acceptors (Lipinski definition) is 5. The summed E-state index contributed by atoms with van der Waals surface area (Å²) in [7, 11) is 3.14. The Balaban J connectivity index is 0.00000289. The molecule has 0 saturated carbocycles. The van der Waals surface area contributed by atoms with Gasteiger partial charge in [0, 0.05) is 46.2 Å². The lowest BCUT2D eigenvalue weighted by Crippen LogP contribution is -3.18. The van der Waals surface area contributed by atoms with Crippen molar-refractivity contribution in [2.24, 2.45) is 14.1 Å². The molecule has 2 unspecified atom stereocenters. The highest BCUT2D eigenvalue weighted by molar-refractivity contribution is 5.70. The SMILES string of the molecule is Cn1c(=O)c2c(ncn2CC[NH+]2C3CCC2CC(OC(=O)CCc2ccccc2)C3)n(C)c1=O.[Cl-]. The van der Waals surface area contributed by atoms with Gasteiger partial charge in [0.25, 0.3) is 5.56 Å². The van der Waals surface area contributed by atoms with Gasteiger partial charge in [0.15, 0.2) is 11.2 Å². The molecular formula is C25H32ClN5O4. The summed E-state index contributed by atoms with van der Waals surface area (Å²) in [6, 6.07) is 11.0. The Kier molecular flexibility index (Phi) is 7.47. The Morgan fingerprint density at radius 2 is 1.77 bits per heavy atom. The summed E-state index contributed by atoms with van der Waals surface area (Å²) in [5.74, 6) is -0.108. The Bertz CT molecular complexity index is 1300. The number of piperidine rings is 1. The number of rotatable bonds is 7. The molecule has 2 saturated heterocycles. The standard InChI is InChI=1S/C25H31N5O4.ClH/c1-27-23-22(24(32)28(2)25(27)33)29(16-26-23)12-13-30-18-9-10-19(30)15-20(14-18)34-21(31)11-8-17-6-4-3-5-7-17;/h3-7,16,18-20H,8-15H2,1-2H3;1H. The lowest BCUT2D eigenvalue weighted by molar-refractivity contribution is -0.942. The summed E-state index contributed by atoms with van der Waals surface area (Å²) < 4.78 is 10.3. The molecule has 1 aromatic carbocycles. The molecule has 2 atom stereocenters. The molecule has 35 heavy (non-hydrogen) atoms. The first-order chi connectivity index (χ1) is 16.4. The molecule has 188 valence electrons. The molecule has 2 fully saturated rings. The van der Waals surface area contributed by atoms with E-state index < -0.39 is 0 Å². The van der Waals surface area contributed by atoms with Gasteiger partial charge >= 0.3 is 11.7 Å². The predicted octanol–water partition coefficient (Wildman–Crippen LogP) is -2.81. The monoisotopic (exact) mass is 501 g/mol. The summed E-state index contributed by atoms with van der Waals surface area (Å²) in [5.41, 5.74) is 1.37. The van der Waals surface area contributed by atoms with Gasteiger partial charge < -0.3 is 26.6 Å². The molecule has 5 rings (SSSR count). The second-order valence-electron chi connectivity index (χ2n) is 9.68. The predicted molar refractivity (Wildman–Crippen MR) is 127 cm³/mol. The number of quaternary nitrogens is 1. The van der Waals surface area contributed by atoms with Crippen molar-refractivity contribution in [3.8, 4) is 0 Å². The van der Waals surface area contributed by atoms with Gasteiger partial charge in [0.2, 0.25) is 0 Å². The molecule has 2 aliphatic heterocycles. The molecule has 4 heterocycles. The van der Waals surface area contributed by atoms with E-state index >= 15 is 0 Å². The average Bonchev–Trinajstić information content (AvgIpc) is 3.37. The average molecular weight is 502 g/mol. The van der Waals surface area contributed by atoms with Crippen LogP contribution in [0.2, 0.25) is 0 Å². The third-order valence-corrected chi connectivity index (χ3v) is 7.62. The fourth-order valence-corrected chi connectivity index (χ4v) is 5.83. The number of carbonyl (C=O) groups excluding carboxylic acids is 1. The number of halogens is 1. The van der Waals surface area contributed by atoms with Gasteiger partial charge in [-0.25, -0.2) is 9.78 Å². The zero-order valence-corrected chi connectivity index (χ0v) is 20.9. The van der Waals surface area contributed by atoms with Crippen molar-refractivity contribution in [1.82, 2.24) is 18.7 Å². The van der Waals surface area contributed by atoms with E-state index in [1.807, 2.05) is 34.9 Å². The van der Waals surface area contributed by atoms with Crippen molar-refractivity contribution >= 4 is 17.1 Å². The van der Waals surface area contributed by atoms with Crippen LogP contribution in [0.4, 0.5) is 0 Å². The van der Waals surface area contributed by atoms with Crippen molar-refractivity contribution in [3.05, 3.63) is 63.1 Å². The van der Waals surface area contributed by atoms with E-state index in [0.717, 1.165) is 42.4 Å². The molecule has 0 aliphatic carbocycles. The molecule has 3 aromatic rings. The molecule has 2 aromatic heterocycles. The number of hydrogen-bond donors (Lipinski definition) is 1. The maximum atomic E-state index is 12.7. The van der Waals surface area contributed by atoms with Crippen molar-refractivity contribution in [2.45, 2.75) is 63.3 Å². The van der Waals surface area contributed by atoms with Gasteiger partial charge in [-0.15, -0.1) is 0 Å². The number of benzene rings is 1. The Morgan fingerprint density at radius 3 is 2.46 bits per heavy atom. The van der Waals surface area contributed by atoms with Crippen molar-refractivity contribution in [3.63, 3.8) is 0 Å². The van der Waals surface area contributed by atoms with Crippen LogP contribution in [0.15, 0.2) is 46.2 Å². The molecular weight excluding hydrogens is 470 g/mol. The van der Waals surface area contributed by atoms with Crippen LogP contribution in [0, 0.1) is 0 Å². The Labute approximate surface area is 209 Å². The zero-order valence-electron chi connectivity index (χ0n) is 20.2. The number of carbonyl (C=O) groups is 1. The molecule has 2 bridgehead atoms. The van der Waals surface area contributed by atoms with E-state index in [0.29, 0.717) is 42.6 Å². The van der Waals surface area contributed by atoms with Gasteiger partial charge in [-0.2, -0.15) is 0 Å². The van der Waals surface area contributed by atoms with Crippen LogP contribution >= 0.6 is 0 Å². The quantitative estimate of drug-likeness (QED) is 0.353. The molecule has 0 amide bonds. The number of aromatic nitrogens is 4. The van der Waals surface area contributed by atoms with Crippen LogP contribution in [-0.2, 0) is 36.6 Å². The van der Waals surface area contributed by atoms with E-state index in [9.17, 15) is 14.4 Å². The molecule has 2 aliphatic rings. The summed E-state index contributed by atoms with van der Waals surface area (Å²) in [6.45, 7) is 1.54. The first-order valence-electron chi connectivity index (χ1n) is 12.1. The molecule has 10 heteroatoms. The van der Waals surface area contributed by atoms with E-state index in [1.165, 1.54) is 16.5 Å². The minimum atomic E-state index is -0.369. The molecule has 1 N–H and O–H groups in total. The van der Waals surface area contributed by atoms with Crippen molar-refractivity contribution in [1.29, 1.82) is 0 Å². The minimum Gasteiger partial charge on any atom is -1.00 e. The van der Waals surface area contributed by atoms with Crippen molar-refractivity contribution in [2.75, 3.05) is 6.54 Å².